The van der Waals surface area contributed by atoms with E-state index in [9.17, 15) is 9.59 Å². The van der Waals surface area contributed by atoms with Gasteiger partial charge in [0.25, 0.3) is 0 Å². The van der Waals surface area contributed by atoms with Gasteiger partial charge >= 0.3 is 12.0 Å². The van der Waals surface area contributed by atoms with E-state index in [0.717, 1.165) is 45.3 Å². The number of carboxylic acids is 1. The maximum Gasteiger partial charge on any atom is 0.315 e. The van der Waals surface area contributed by atoms with Crippen molar-refractivity contribution in [2.24, 2.45) is 0 Å². The molecule has 20 heavy (non-hydrogen) atoms. The van der Waals surface area contributed by atoms with E-state index >= 15 is 0 Å². The van der Waals surface area contributed by atoms with Gasteiger partial charge in [-0.15, -0.1) is 0 Å². The fraction of sp³-hybridized carbons (Fsp3) is 0.857. The normalized spacial score (nSPS) is 16.6. The van der Waals surface area contributed by atoms with Crippen molar-refractivity contribution in [1.29, 1.82) is 0 Å². The van der Waals surface area contributed by atoms with Crippen molar-refractivity contribution < 1.29 is 14.7 Å². The summed E-state index contributed by atoms with van der Waals surface area (Å²) in [7, 11) is 0. The van der Waals surface area contributed by atoms with Crippen LogP contribution in [0.4, 0.5) is 4.79 Å². The minimum Gasteiger partial charge on any atom is -0.481 e. The van der Waals surface area contributed by atoms with Crippen molar-refractivity contribution in [2.75, 3.05) is 26.2 Å². The number of carboxylic acid groups (broad SMARTS) is 1. The highest BCUT2D eigenvalue weighted by Crippen LogP contribution is 2.34. The highest BCUT2D eigenvalue weighted by Gasteiger charge is 2.40. The smallest absolute Gasteiger partial charge is 0.315 e. The van der Waals surface area contributed by atoms with Gasteiger partial charge in [-0.1, -0.05) is 13.8 Å². The summed E-state index contributed by atoms with van der Waals surface area (Å²) in [5.74, 6) is -0.855. The first-order valence-electron chi connectivity index (χ1n) is 7.51. The zero-order valence-corrected chi connectivity index (χ0v) is 12.6. The van der Waals surface area contributed by atoms with Crippen LogP contribution < -0.4 is 10.6 Å². The Kier molecular flexibility index (Phi) is 6.78. The molecule has 6 nitrogen and oxygen atoms in total. The molecule has 1 aliphatic carbocycles. The van der Waals surface area contributed by atoms with Crippen LogP contribution in [0.5, 0.6) is 0 Å². The van der Waals surface area contributed by atoms with E-state index in [-0.39, 0.29) is 12.5 Å². The molecule has 0 bridgehead atoms. The molecule has 0 aromatic heterocycles. The molecule has 1 saturated carbocycles. The molecule has 1 fully saturated rings. The zero-order valence-electron chi connectivity index (χ0n) is 12.6. The number of carbonyl (C=O) groups excluding carboxylic acids is 1. The number of rotatable bonds is 9. The van der Waals surface area contributed by atoms with Crippen molar-refractivity contribution in [2.45, 2.75) is 51.5 Å². The Labute approximate surface area is 120 Å². The Morgan fingerprint density at radius 2 is 1.90 bits per heavy atom. The van der Waals surface area contributed by atoms with E-state index in [1.54, 1.807) is 0 Å². The molecule has 1 aliphatic rings. The van der Waals surface area contributed by atoms with Crippen LogP contribution in [0.3, 0.4) is 0 Å². The van der Waals surface area contributed by atoms with Crippen LogP contribution in [0, 0.1) is 0 Å². The molecule has 0 unspecified atom stereocenters. The van der Waals surface area contributed by atoms with Crippen LogP contribution in [0.15, 0.2) is 0 Å². The summed E-state index contributed by atoms with van der Waals surface area (Å²) in [6, 6.07) is -0.245. The van der Waals surface area contributed by atoms with E-state index < -0.39 is 11.5 Å². The first kappa shape index (κ1) is 16.8. The lowest BCUT2D eigenvalue weighted by atomic mass is 9.74. The van der Waals surface area contributed by atoms with Gasteiger partial charge in [-0.3, -0.25) is 4.79 Å². The van der Waals surface area contributed by atoms with Crippen LogP contribution in [0.1, 0.15) is 46.0 Å². The van der Waals surface area contributed by atoms with Gasteiger partial charge < -0.3 is 20.6 Å². The monoisotopic (exact) mass is 285 g/mol. The largest absolute Gasteiger partial charge is 0.481 e. The first-order valence-corrected chi connectivity index (χ1v) is 7.51. The second kappa shape index (κ2) is 8.09. The highest BCUT2D eigenvalue weighted by molar-refractivity contribution is 5.77. The van der Waals surface area contributed by atoms with E-state index in [2.05, 4.69) is 29.4 Å². The van der Waals surface area contributed by atoms with E-state index in [4.69, 9.17) is 5.11 Å². The predicted molar refractivity (Wildman–Crippen MR) is 77.8 cm³/mol. The SMILES string of the molecule is CCN(CC)CCCNC(=O)NC1(CC(=O)O)CCC1. The Hall–Kier alpha value is -1.30. The summed E-state index contributed by atoms with van der Waals surface area (Å²) in [5.41, 5.74) is -0.519. The quantitative estimate of drug-likeness (QED) is 0.560. The summed E-state index contributed by atoms with van der Waals surface area (Å²) in [6.45, 7) is 7.86. The number of amides is 2. The average Bonchev–Trinajstić information content (AvgIpc) is 2.36. The molecule has 0 aliphatic heterocycles. The van der Waals surface area contributed by atoms with Gasteiger partial charge in [0, 0.05) is 6.54 Å². The molecular weight excluding hydrogens is 258 g/mol. The highest BCUT2D eigenvalue weighted by atomic mass is 16.4. The van der Waals surface area contributed by atoms with Crippen molar-refractivity contribution in [3.63, 3.8) is 0 Å². The number of aliphatic carboxylic acids is 1. The number of hydrogen-bond acceptors (Lipinski definition) is 3. The molecule has 0 saturated heterocycles. The predicted octanol–water partition coefficient (Wildman–Crippen LogP) is 1.41. The second-order valence-electron chi connectivity index (χ2n) is 5.47. The van der Waals surface area contributed by atoms with Crippen molar-refractivity contribution in [3.8, 4) is 0 Å². The average molecular weight is 285 g/mol. The third-order valence-electron chi connectivity index (χ3n) is 4.01. The summed E-state index contributed by atoms with van der Waals surface area (Å²) in [6.07, 6.45) is 3.41. The maximum absolute atomic E-state index is 11.8. The maximum atomic E-state index is 11.8. The number of nitrogens with zero attached hydrogens (tertiary/aromatic N) is 1. The fourth-order valence-electron chi connectivity index (χ4n) is 2.57. The molecule has 1 rings (SSSR count). The van der Waals surface area contributed by atoms with Crippen LogP contribution in [-0.2, 0) is 4.79 Å². The number of urea groups is 1. The molecule has 0 spiro atoms. The number of carbonyl (C=O) groups is 2. The Bertz CT molecular complexity index is 326. The lowest BCUT2D eigenvalue weighted by Crippen LogP contribution is -2.57. The fourth-order valence-corrected chi connectivity index (χ4v) is 2.57. The van der Waals surface area contributed by atoms with E-state index in [1.165, 1.54) is 0 Å². The summed E-state index contributed by atoms with van der Waals surface area (Å²) >= 11 is 0. The van der Waals surface area contributed by atoms with E-state index in [1.807, 2.05) is 0 Å². The molecule has 6 heteroatoms. The number of nitrogens with one attached hydrogen (secondary N) is 2. The molecule has 0 heterocycles. The van der Waals surface area contributed by atoms with Gasteiger partial charge in [0.15, 0.2) is 0 Å². The molecule has 0 aromatic carbocycles. The zero-order chi connectivity index (χ0) is 15.0. The van der Waals surface area contributed by atoms with E-state index in [0.29, 0.717) is 6.54 Å². The van der Waals surface area contributed by atoms with Gasteiger partial charge in [0.05, 0.1) is 12.0 Å². The minimum atomic E-state index is -0.855. The second-order valence-corrected chi connectivity index (χ2v) is 5.47. The Morgan fingerprint density at radius 1 is 1.25 bits per heavy atom. The molecule has 0 atom stereocenters. The van der Waals surface area contributed by atoms with Gasteiger partial charge in [-0.25, -0.2) is 4.79 Å². The topological polar surface area (TPSA) is 81.7 Å². The Balaban J connectivity index is 2.21. The third-order valence-corrected chi connectivity index (χ3v) is 4.01. The van der Waals surface area contributed by atoms with Gasteiger partial charge in [-0.05, 0) is 45.3 Å². The van der Waals surface area contributed by atoms with Crippen molar-refractivity contribution >= 4 is 12.0 Å². The molecule has 2 amide bonds. The third kappa shape index (κ3) is 5.36. The Morgan fingerprint density at radius 3 is 2.35 bits per heavy atom. The summed E-state index contributed by atoms with van der Waals surface area (Å²) < 4.78 is 0. The minimum absolute atomic E-state index is 0.0138. The molecule has 0 radical (unpaired) electrons. The summed E-state index contributed by atoms with van der Waals surface area (Å²) in [4.78, 5) is 24.9. The van der Waals surface area contributed by atoms with Crippen LogP contribution >= 0.6 is 0 Å². The molecule has 3 N–H and O–H groups in total. The van der Waals surface area contributed by atoms with Gasteiger partial charge in [0.2, 0.25) is 0 Å². The molecule has 0 aromatic rings. The van der Waals surface area contributed by atoms with Crippen LogP contribution in [-0.4, -0.2) is 53.7 Å². The standard InChI is InChI=1S/C14H27N3O3/c1-3-17(4-2)10-6-9-15-13(20)16-14(7-5-8-14)11-12(18)19/h3-11H2,1-2H3,(H,18,19)(H2,15,16,20). The molecule has 116 valence electrons. The van der Waals surface area contributed by atoms with Crippen molar-refractivity contribution in [3.05, 3.63) is 0 Å². The first-order chi connectivity index (χ1) is 9.51. The lowest BCUT2D eigenvalue weighted by molar-refractivity contribution is -0.139. The van der Waals surface area contributed by atoms with Gasteiger partial charge in [-0.2, -0.15) is 0 Å². The van der Waals surface area contributed by atoms with Gasteiger partial charge in [0.1, 0.15) is 0 Å². The summed E-state index contributed by atoms with van der Waals surface area (Å²) in [5, 5.41) is 14.5. The van der Waals surface area contributed by atoms with Crippen LogP contribution in [0.25, 0.3) is 0 Å². The number of hydrogen-bond donors (Lipinski definition) is 3. The van der Waals surface area contributed by atoms with Crippen LogP contribution in [0.2, 0.25) is 0 Å². The van der Waals surface area contributed by atoms with Crippen molar-refractivity contribution in [1.82, 2.24) is 15.5 Å². The lowest BCUT2D eigenvalue weighted by Gasteiger charge is -2.41. The molecular formula is C14H27N3O3.